The van der Waals surface area contributed by atoms with E-state index < -0.39 is 42.1 Å². The number of carbonyl (C=O) groups is 2. The maximum absolute atomic E-state index is 14.5. The van der Waals surface area contributed by atoms with Crippen LogP contribution in [0.4, 0.5) is 36.4 Å². The quantitative estimate of drug-likeness (QED) is 0.190. The topological polar surface area (TPSA) is 120 Å². The maximum Gasteiger partial charge on any atom is 0.437 e. The van der Waals surface area contributed by atoms with Gasteiger partial charge < -0.3 is 10.6 Å². The van der Waals surface area contributed by atoms with E-state index in [2.05, 4.69) is 31.0 Å². The van der Waals surface area contributed by atoms with Gasteiger partial charge in [-0.2, -0.15) is 31.4 Å². The molecule has 244 valence electrons. The summed E-state index contributed by atoms with van der Waals surface area (Å²) < 4.78 is 95.0. The molecular formula is C26H18Cl3F7N8O2. The van der Waals surface area contributed by atoms with Crippen molar-refractivity contribution >= 4 is 52.3 Å². The summed E-state index contributed by atoms with van der Waals surface area (Å²) >= 11 is 18.7. The van der Waals surface area contributed by atoms with Crippen molar-refractivity contribution in [1.82, 2.24) is 35.1 Å². The van der Waals surface area contributed by atoms with Crippen molar-refractivity contribution in [2.45, 2.75) is 37.4 Å². The van der Waals surface area contributed by atoms with E-state index in [1.807, 2.05) is 0 Å². The number of halogens is 10. The number of carbonyl (C=O) groups excluding carboxylic acids is 2. The van der Waals surface area contributed by atoms with Crippen LogP contribution in [0, 0.1) is 5.92 Å². The highest BCUT2D eigenvalue weighted by atomic mass is 35.5. The molecule has 1 aromatic carbocycles. The molecule has 0 unspecified atom stereocenters. The smallest absolute Gasteiger partial charge is 0.352 e. The summed E-state index contributed by atoms with van der Waals surface area (Å²) in [4.78, 5) is 30.7. The number of anilines is 1. The molecule has 0 radical (unpaired) electrons. The second-order valence-electron chi connectivity index (χ2n) is 10.1. The lowest BCUT2D eigenvalue weighted by atomic mass is 10.0. The summed E-state index contributed by atoms with van der Waals surface area (Å²) in [7, 11) is 0. The van der Waals surface area contributed by atoms with E-state index in [-0.39, 0.29) is 49.7 Å². The van der Waals surface area contributed by atoms with E-state index >= 15 is 0 Å². The van der Waals surface area contributed by atoms with Gasteiger partial charge in [-0.15, -0.1) is 5.10 Å². The molecule has 0 spiro atoms. The Balaban J connectivity index is 1.50. The van der Waals surface area contributed by atoms with E-state index in [1.54, 1.807) is 0 Å². The fourth-order valence-electron chi connectivity index (χ4n) is 4.23. The molecular weight excluding hydrogens is 696 g/mol. The predicted molar refractivity (Wildman–Crippen MR) is 150 cm³/mol. The van der Waals surface area contributed by atoms with Crippen molar-refractivity contribution in [3.63, 3.8) is 0 Å². The van der Waals surface area contributed by atoms with E-state index in [0.717, 1.165) is 23.6 Å². The summed E-state index contributed by atoms with van der Waals surface area (Å²) in [5.41, 5.74) is -8.52. The molecule has 5 rings (SSSR count). The largest absolute Gasteiger partial charge is 0.437 e. The van der Waals surface area contributed by atoms with Crippen molar-refractivity contribution in [2.24, 2.45) is 5.92 Å². The lowest BCUT2D eigenvalue weighted by molar-refractivity contribution is -0.350. The molecule has 2 N–H and O–H groups in total. The Morgan fingerprint density at radius 1 is 0.957 bits per heavy atom. The number of nitrogens with one attached hydrogen (secondary N) is 2. The number of aromatic nitrogens is 6. The van der Waals surface area contributed by atoms with Gasteiger partial charge in [-0.05, 0) is 49.1 Å². The Labute approximate surface area is 268 Å². The van der Waals surface area contributed by atoms with Crippen molar-refractivity contribution in [3.05, 3.63) is 80.4 Å². The highest BCUT2D eigenvalue weighted by molar-refractivity contribution is 6.38. The molecule has 46 heavy (non-hydrogen) atoms. The number of hydrogen-bond donors (Lipinski definition) is 2. The molecule has 0 saturated heterocycles. The van der Waals surface area contributed by atoms with Crippen LogP contribution < -0.4 is 10.6 Å². The molecule has 3 aromatic heterocycles. The van der Waals surface area contributed by atoms with Crippen LogP contribution in [0.25, 0.3) is 5.82 Å². The molecule has 3 heterocycles. The Morgan fingerprint density at radius 3 is 2.28 bits per heavy atom. The van der Waals surface area contributed by atoms with Gasteiger partial charge in [-0.1, -0.05) is 40.0 Å². The van der Waals surface area contributed by atoms with Crippen molar-refractivity contribution in [3.8, 4) is 5.82 Å². The highest BCUT2D eigenvalue weighted by Crippen LogP contribution is 2.52. The number of benzene rings is 1. The fraction of sp³-hybridized carbons (Fsp3) is 0.308. The minimum Gasteiger partial charge on any atom is -0.352 e. The van der Waals surface area contributed by atoms with Crippen LogP contribution in [0.15, 0.2) is 42.7 Å². The molecule has 1 aliphatic rings. The third-order valence-corrected chi connectivity index (χ3v) is 7.53. The van der Waals surface area contributed by atoms with Gasteiger partial charge >= 0.3 is 18.0 Å². The Morgan fingerprint density at radius 2 is 1.65 bits per heavy atom. The van der Waals surface area contributed by atoms with Crippen LogP contribution in [0.1, 0.15) is 45.1 Å². The number of rotatable bonds is 9. The third kappa shape index (κ3) is 6.62. The maximum atomic E-state index is 14.5. The monoisotopic (exact) mass is 712 g/mol. The van der Waals surface area contributed by atoms with Gasteiger partial charge in [-0.3, -0.25) is 9.59 Å². The zero-order valence-corrected chi connectivity index (χ0v) is 25.0. The lowest BCUT2D eigenvalue weighted by Gasteiger charge is -2.27. The first-order valence-electron chi connectivity index (χ1n) is 13.0. The van der Waals surface area contributed by atoms with Gasteiger partial charge in [0.25, 0.3) is 11.8 Å². The van der Waals surface area contributed by atoms with E-state index in [0.29, 0.717) is 17.1 Å². The fourth-order valence-corrected chi connectivity index (χ4v) is 4.97. The average molecular weight is 714 g/mol. The number of pyridine rings is 1. The van der Waals surface area contributed by atoms with Gasteiger partial charge in [0, 0.05) is 17.8 Å². The summed E-state index contributed by atoms with van der Waals surface area (Å²) in [5.74, 6) is -1.27. The third-order valence-electron chi connectivity index (χ3n) is 6.72. The van der Waals surface area contributed by atoms with Crippen LogP contribution >= 0.6 is 34.8 Å². The second-order valence-corrected chi connectivity index (χ2v) is 11.4. The van der Waals surface area contributed by atoms with E-state index in [1.165, 1.54) is 30.5 Å². The molecule has 2 amide bonds. The molecule has 0 bridgehead atoms. The first kappa shape index (κ1) is 33.4. The van der Waals surface area contributed by atoms with Crippen LogP contribution in [-0.4, -0.2) is 60.5 Å². The summed E-state index contributed by atoms with van der Waals surface area (Å²) in [6, 6.07) is 6.54. The first-order valence-corrected chi connectivity index (χ1v) is 14.1. The lowest BCUT2D eigenvalue weighted by Crippen LogP contribution is -2.50. The zero-order chi connectivity index (χ0) is 33.6. The molecule has 1 aliphatic carbocycles. The van der Waals surface area contributed by atoms with E-state index in [4.69, 9.17) is 34.8 Å². The van der Waals surface area contributed by atoms with Crippen LogP contribution in [0.2, 0.25) is 15.1 Å². The van der Waals surface area contributed by atoms with Crippen molar-refractivity contribution in [2.75, 3.05) is 11.9 Å². The van der Waals surface area contributed by atoms with Gasteiger partial charge in [0.2, 0.25) is 0 Å². The van der Waals surface area contributed by atoms with Crippen LogP contribution in [-0.2, 0) is 12.2 Å². The molecule has 0 atom stereocenters. The number of hydrogen-bond acceptors (Lipinski definition) is 6. The SMILES string of the molecule is O=C(NCC1CC1)c1cc(Cl)cc(Cl)c1NC(=O)c1cc(Cn2cc(C(F)(C(F)(F)F)C(F)(F)F)nn2)nn1-c1ncccc1Cl. The minimum absolute atomic E-state index is 0.00326. The summed E-state index contributed by atoms with van der Waals surface area (Å²) in [5, 5.41) is 15.4. The normalized spacial score (nSPS) is 14.0. The van der Waals surface area contributed by atoms with Crippen molar-refractivity contribution in [1.29, 1.82) is 0 Å². The zero-order valence-electron chi connectivity index (χ0n) is 22.7. The molecule has 4 aromatic rings. The molecule has 10 nitrogen and oxygen atoms in total. The molecule has 1 fully saturated rings. The standard InChI is InChI=1S/C26H18Cl3F7N8O2/c27-13-6-15(22(45)38-9-12-3-4-12)20(17(29)7-13)39-23(46)18-8-14(41-44(18)21-16(28)2-1-5-37-21)10-43-11-19(40-42-43)24(30,25(31,32)33)26(34,35)36/h1-2,5-8,11-12H,3-4,9-10H2,(H,38,45)(H,39,46). The summed E-state index contributed by atoms with van der Waals surface area (Å²) in [6.45, 7) is -0.281. The van der Waals surface area contributed by atoms with Crippen LogP contribution in [0.3, 0.4) is 0 Å². The predicted octanol–water partition coefficient (Wildman–Crippen LogP) is 6.55. The highest BCUT2D eigenvalue weighted by Gasteiger charge is 2.75. The Bertz CT molecular complexity index is 1790. The Hall–Kier alpha value is -3.96. The van der Waals surface area contributed by atoms with Gasteiger partial charge in [0.1, 0.15) is 11.4 Å². The first-order chi connectivity index (χ1) is 21.5. The minimum atomic E-state index is -6.40. The van der Waals surface area contributed by atoms with Gasteiger partial charge in [0.15, 0.2) is 5.82 Å². The van der Waals surface area contributed by atoms with Gasteiger partial charge in [-0.25, -0.2) is 18.7 Å². The number of alkyl halides is 7. The van der Waals surface area contributed by atoms with Crippen molar-refractivity contribution < 1.29 is 40.3 Å². The Kier molecular flexibility index (Phi) is 8.96. The summed E-state index contributed by atoms with van der Waals surface area (Å²) in [6.07, 6.45) is -9.46. The van der Waals surface area contributed by atoms with Gasteiger partial charge in [0.05, 0.1) is 39.7 Å². The molecule has 0 aliphatic heterocycles. The molecule has 20 heteroatoms. The van der Waals surface area contributed by atoms with E-state index in [9.17, 15) is 40.3 Å². The number of amides is 2. The second kappa shape index (κ2) is 12.3. The molecule has 1 saturated carbocycles. The number of nitrogens with zero attached hydrogens (tertiary/aromatic N) is 6. The van der Waals surface area contributed by atoms with Crippen LogP contribution in [0.5, 0.6) is 0 Å². The average Bonchev–Trinajstić information content (AvgIpc) is 3.52.